The molecular formula is C18H18N2O2S2. The summed E-state index contributed by atoms with van der Waals surface area (Å²) < 4.78 is 5.44. The molecule has 0 saturated carbocycles. The van der Waals surface area contributed by atoms with Crippen LogP contribution in [0.5, 0.6) is 5.75 Å². The molecule has 1 amide bonds. The summed E-state index contributed by atoms with van der Waals surface area (Å²) in [5, 5.41) is 2.72. The molecule has 1 aromatic carbocycles. The zero-order valence-electron chi connectivity index (χ0n) is 13.6. The van der Waals surface area contributed by atoms with Crippen molar-refractivity contribution in [1.29, 1.82) is 0 Å². The Balaban J connectivity index is 1.85. The van der Waals surface area contributed by atoms with Crippen LogP contribution in [-0.2, 0) is 4.79 Å². The number of rotatable bonds is 5. The van der Waals surface area contributed by atoms with Gasteiger partial charge in [-0.3, -0.25) is 9.69 Å². The maximum Gasteiger partial charge on any atom is 0.266 e. The van der Waals surface area contributed by atoms with Gasteiger partial charge in [0.2, 0.25) is 0 Å². The van der Waals surface area contributed by atoms with Gasteiger partial charge in [0.25, 0.3) is 5.91 Å². The summed E-state index contributed by atoms with van der Waals surface area (Å²) in [6, 6.07) is 11.6. The van der Waals surface area contributed by atoms with Gasteiger partial charge in [0, 0.05) is 11.4 Å². The molecule has 1 aromatic heterocycles. The van der Waals surface area contributed by atoms with Crippen LogP contribution in [-0.4, -0.2) is 29.1 Å². The van der Waals surface area contributed by atoms with Crippen LogP contribution >= 0.6 is 23.1 Å². The minimum absolute atomic E-state index is 0.0144. The van der Waals surface area contributed by atoms with Crippen molar-refractivity contribution in [2.24, 2.45) is 4.99 Å². The Morgan fingerprint density at radius 1 is 1.21 bits per heavy atom. The van der Waals surface area contributed by atoms with E-state index in [9.17, 15) is 4.79 Å². The minimum Gasteiger partial charge on any atom is -0.494 e. The average molecular weight is 358 g/mol. The lowest BCUT2D eigenvalue weighted by Crippen LogP contribution is -2.28. The van der Waals surface area contributed by atoms with Crippen LogP contribution in [0, 0.1) is 0 Å². The van der Waals surface area contributed by atoms with Gasteiger partial charge in [-0.15, -0.1) is 11.3 Å². The van der Waals surface area contributed by atoms with E-state index in [0.29, 0.717) is 18.1 Å². The van der Waals surface area contributed by atoms with E-state index in [-0.39, 0.29) is 5.91 Å². The van der Waals surface area contributed by atoms with Crippen molar-refractivity contribution < 1.29 is 9.53 Å². The molecule has 2 heterocycles. The predicted molar refractivity (Wildman–Crippen MR) is 102 cm³/mol. The van der Waals surface area contributed by atoms with Gasteiger partial charge in [0.05, 0.1) is 17.2 Å². The topological polar surface area (TPSA) is 41.9 Å². The van der Waals surface area contributed by atoms with Crippen molar-refractivity contribution >= 4 is 45.9 Å². The average Bonchev–Trinajstić information content (AvgIpc) is 3.19. The molecule has 1 saturated heterocycles. The van der Waals surface area contributed by atoms with Crippen molar-refractivity contribution in [1.82, 2.24) is 4.90 Å². The first-order chi connectivity index (χ1) is 11.7. The predicted octanol–water partition coefficient (Wildman–Crippen LogP) is 4.77. The molecule has 0 unspecified atom stereocenters. The molecule has 1 fully saturated rings. The van der Waals surface area contributed by atoms with Crippen LogP contribution in [0.3, 0.4) is 0 Å². The first kappa shape index (κ1) is 16.8. The lowest BCUT2D eigenvalue weighted by Gasteiger charge is -2.12. The van der Waals surface area contributed by atoms with E-state index < -0.39 is 0 Å². The molecule has 124 valence electrons. The number of hydrogen-bond acceptors (Lipinski definition) is 5. The standard InChI is InChI=1S/C18H18N2O2S2/c1-3-20-17(21)16(12-15-6-5-11-23-15)24-18(20)19-13-7-9-14(10-8-13)22-4-2/h5-12H,3-4H2,1-2H3/b16-12-,19-18?. The van der Waals surface area contributed by atoms with Crippen LogP contribution in [0.15, 0.2) is 51.7 Å². The normalized spacial score (nSPS) is 17.9. The number of thioether (sulfide) groups is 1. The van der Waals surface area contributed by atoms with Crippen molar-refractivity contribution in [2.45, 2.75) is 13.8 Å². The molecule has 0 spiro atoms. The Hall–Kier alpha value is -2.05. The third-order valence-electron chi connectivity index (χ3n) is 3.39. The summed E-state index contributed by atoms with van der Waals surface area (Å²) in [5.41, 5.74) is 0.810. The molecule has 0 N–H and O–H groups in total. The van der Waals surface area contributed by atoms with E-state index in [1.165, 1.54) is 11.8 Å². The van der Waals surface area contributed by atoms with Gasteiger partial charge >= 0.3 is 0 Å². The summed E-state index contributed by atoms with van der Waals surface area (Å²) in [4.78, 5) is 20.7. The number of aliphatic imine (C=N–C) groups is 1. The zero-order valence-corrected chi connectivity index (χ0v) is 15.2. The highest BCUT2D eigenvalue weighted by Gasteiger charge is 2.32. The highest BCUT2D eigenvalue weighted by atomic mass is 32.2. The van der Waals surface area contributed by atoms with E-state index in [1.807, 2.05) is 61.7 Å². The Morgan fingerprint density at radius 3 is 2.62 bits per heavy atom. The number of carbonyl (C=O) groups is 1. The zero-order chi connectivity index (χ0) is 16.9. The van der Waals surface area contributed by atoms with Crippen LogP contribution in [0.25, 0.3) is 6.08 Å². The fraction of sp³-hybridized carbons (Fsp3) is 0.222. The second-order valence-electron chi connectivity index (χ2n) is 5.00. The number of likely N-dealkylation sites (N-methyl/N-ethyl adjacent to an activating group) is 1. The van der Waals surface area contributed by atoms with E-state index in [4.69, 9.17) is 4.74 Å². The minimum atomic E-state index is 0.0144. The SMILES string of the molecule is CCOc1ccc(N=C2S/C(=C\c3cccs3)C(=O)N2CC)cc1. The number of carbonyl (C=O) groups excluding carboxylic acids is 1. The summed E-state index contributed by atoms with van der Waals surface area (Å²) in [6.45, 7) is 5.15. The molecule has 0 aliphatic carbocycles. The second-order valence-corrected chi connectivity index (χ2v) is 6.99. The quantitative estimate of drug-likeness (QED) is 0.723. The van der Waals surface area contributed by atoms with Gasteiger partial charge in [-0.2, -0.15) is 0 Å². The third kappa shape index (κ3) is 3.71. The van der Waals surface area contributed by atoms with Crippen molar-refractivity contribution in [2.75, 3.05) is 13.2 Å². The summed E-state index contributed by atoms with van der Waals surface area (Å²) >= 11 is 3.04. The van der Waals surface area contributed by atoms with Crippen molar-refractivity contribution in [3.63, 3.8) is 0 Å². The number of nitrogens with zero attached hydrogens (tertiary/aromatic N) is 2. The van der Waals surface area contributed by atoms with Crippen molar-refractivity contribution in [3.05, 3.63) is 51.6 Å². The van der Waals surface area contributed by atoms with Gasteiger partial charge in [-0.1, -0.05) is 6.07 Å². The van der Waals surface area contributed by atoms with Crippen LogP contribution < -0.4 is 4.74 Å². The van der Waals surface area contributed by atoms with Gasteiger partial charge in [-0.05, 0) is 67.4 Å². The molecule has 0 bridgehead atoms. The Bertz CT molecular complexity index is 765. The number of thiophene rings is 1. The monoisotopic (exact) mass is 358 g/mol. The maximum absolute atomic E-state index is 12.5. The van der Waals surface area contributed by atoms with Crippen LogP contribution in [0.1, 0.15) is 18.7 Å². The molecular weight excluding hydrogens is 340 g/mol. The summed E-state index contributed by atoms with van der Waals surface area (Å²) in [7, 11) is 0. The molecule has 4 nitrogen and oxygen atoms in total. The van der Waals surface area contributed by atoms with E-state index in [0.717, 1.165) is 21.5 Å². The lowest BCUT2D eigenvalue weighted by molar-refractivity contribution is -0.122. The Labute approximate surface area is 149 Å². The fourth-order valence-corrected chi connectivity index (χ4v) is 4.05. The first-order valence-corrected chi connectivity index (χ1v) is 9.47. The fourth-order valence-electron chi connectivity index (χ4n) is 2.27. The Morgan fingerprint density at radius 2 is 2.00 bits per heavy atom. The van der Waals surface area contributed by atoms with Gasteiger partial charge < -0.3 is 4.74 Å². The van der Waals surface area contributed by atoms with Gasteiger partial charge in [0.1, 0.15) is 5.75 Å². The van der Waals surface area contributed by atoms with Crippen LogP contribution in [0.4, 0.5) is 5.69 Å². The number of hydrogen-bond donors (Lipinski definition) is 0. The smallest absolute Gasteiger partial charge is 0.266 e. The molecule has 2 aromatic rings. The molecule has 1 aliphatic rings. The third-order valence-corrected chi connectivity index (χ3v) is 5.22. The molecule has 6 heteroatoms. The number of benzene rings is 1. The summed E-state index contributed by atoms with van der Waals surface area (Å²) in [6.07, 6.45) is 1.93. The molecule has 0 atom stereocenters. The van der Waals surface area contributed by atoms with Gasteiger partial charge in [-0.25, -0.2) is 4.99 Å². The van der Waals surface area contributed by atoms with E-state index in [1.54, 1.807) is 16.2 Å². The van der Waals surface area contributed by atoms with Crippen LogP contribution in [0.2, 0.25) is 0 Å². The van der Waals surface area contributed by atoms with Crippen molar-refractivity contribution in [3.8, 4) is 5.75 Å². The number of amidine groups is 1. The Kier molecular flexibility index (Phi) is 5.37. The maximum atomic E-state index is 12.5. The second kappa shape index (κ2) is 7.68. The largest absolute Gasteiger partial charge is 0.494 e. The molecule has 1 aliphatic heterocycles. The molecule has 3 rings (SSSR count). The highest BCUT2D eigenvalue weighted by molar-refractivity contribution is 8.18. The molecule has 24 heavy (non-hydrogen) atoms. The highest BCUT2D eigenvalue weighted by Crippen LogP contribution is 2.34. The first-order valence-electron chi connectivity index (χ1n) is 7.77. The lowest BCUT2D eigenvalue weighted by atomic mass is 10.3. The summed E-state index contributed by atoms with van der Waals surface area (Å²) in [5.74, 6) is 0.836. The number of amides is 1. The van der Waals surface area contributed by atoms with Gasteiger partial charge in [0.15, 0.2) is 5.17 Å². The molecule has 0 radical (unpaired) electrons. The van der Waals surface area contributed by atoms with E-state index in [2.05, 4.69) is 4.99 Å². The number of ether oxygens (including phenoxy) is 1. The van der Waals surface area contributed by atoms with E-state index >= 15 is 0 Å².